The number of carbonyl (C=O) groups is 4. The Hall–Kier alpha value is -4.48. The quantitative estimate of drug-likeness (QED) is 0.269. The third kappa shape index (κ3) is 8.52. The zero-order chi connectivity index (χ0) is 29.1. The number of esters is 1. The van der Waals surface area contributed by atoms with Crippen LogP contribution >= 0.6 is 0 Å². The lowest BCUT2D eigenvalue weighted by Gasteiger charge is -2.40. The summed E-state index contributed by atoms with van der Waals surface area (Å²) in [6.45, 7) is -0.575. The van der Waals surface area contributed by atoms with E-state index in [1.54, 1.807) is 78.9 Å². The summed E-state index contributed by atoms with van der Waals surface area (Å²) >= 11 is 0. The van der Waals surface area contributed by atoms with Gasteiger partial charge in [0.15, 0.2) is 5.60 Å². The third-order valence-corrected chi connectivity index (χ3v) is 6.27. The molecule has 2 aromatic carbocycles. The van der Waals surface area contributed by atoms with E-state index < -0.39 is 60.7 Å². The van der Waals surface area contributed by atoms with Crippen LogP contribution in [0.1, 0.15) is 24.0 Å². The molecule has 0 spiro atoms. The van der Waals surface area contributed by atoms with E-state index in [1.807, 2.05) is 0 Å². The third-order valence-electron chi connectivity index (χ3n) is 6.27. The van der Waals surface area contributed by atoms with Crippen LogP contribution in [-0.2, 0) is 36.9 Å². The molecule has 0 saturated carbocycles. The van der Waals surface area contributed by atoms with Crippen molar-refractivity contribution in [1.82, 2.24) is 4.90 Å². The zero-order valence-corrected chi connectivity index (χ0v) is 21.8. The van der Waals surface area contributed by atoms with Crippen LogP contribution in [0.15, 0.2) is 85.0 Å². The number of allylic oxidation sites excluding steroid dienone is 2. The highest BCUT2D eigenvalue weighted by atomic mass is 16.6. The molecule has 40 heavy (non-hydrogen) atoms. The Balaban J connectivity index is 1.93. The van der Waals surface area contributed by atoms with Gasteiger partial charge in [-0.1, -0.05) is 78.9 Å². The van der Waals surface area contributed by atoms with Crippen molar-refractivity contribution in [3.05, 3.63) is 96.1 Å². The van der Waals surface area contributed by atoms with Crippen LogP contribution in [0, 0.1) is 0 Å². The molecule has 2 aromatic rings. The van der Waals surface area contributed by atoms with Gasteiger partial charge in [-0.15, -0.1) is 0 Å². The molecule has 212 valence electrons. The number of aliphatic hydroxyl groups is 1. The van der Waals surface area contributed by atoms with E-state index >= 15 is 0 Å². The maximum Gasteiger partial charge on any atom is 0.411 e. The summed E-state index contributed by atoms with van der Waals surface area (Å²) in [5.74, 6) is -3.30. The molecule has 2 unspecified atom stereocenters. The molecule has 3 rings (SSSR count). The molecule has 1 aliphatic rings. The average Bonchev–Trinajstić information content (AvgIpc) is 2.92. The molecule has 2 amide bonds. The van der Waals surface area contributed by atoms with Gasteiger partial charge in [0, 0.05) is 12.8 Å². The molecule has 0 aromatic heterocycles. The molecule has 6 N–H and O–H groups in total. The van der Waals surface area contributed by atoms with Gasteiger partial charge < -0.3 is 31.2 Å². The number of ether oxygens (including phenoxy) is 2. The minimum atomic E-state index is -1.56. The molecule has 0 heterocycles. The fourth-order valence-corrected chi connectivity index (χ4v) is 4.30. The number of carboxylic acids is 1. The monoisotopic (exact) mass is 551 g/mol. The Morgan fingerprint density at radius 1 is 0.975 bits per heavy atom. The topological polar surface area (TPSA) is 182 Å². The Bertz CT molecular complexity index is 1230. The van der Waals surface area contributed by atoms with Gasteiger partial charge in [-0.2, -0.15) is 0 Å². The van der Waals surface area contributed by atoms with Gasteiger partial charge in [0.2, 0.25) is 5.91 Å². The highest BCUT2D eigenvalue weighted by Gasteiger charge is 2.43. The maximum atomic E-state index is 13.5. The Kier molecular flexibility index (Phi) is 10.6. The molecule has 0 saturated heterocycles. The van der Waals surface area contributed by atoms with Crippen molar-refractivity contribution in [3.63, 3.8) is 0 Å². The Labute approximate surface area is 231 Å². The van der Waals surface area contributed by atoms with Crippen molar-refractivity contribution in [3.8, 4) is 0 Å². The van der Waals surface area contributed by atoms with Crippen LogP contribution in [0.25, 0.3) is 0 Å². The molecular weight excluding hydrogens is 518 g/mol. The molecule has 0 aliphatic heterocycles. The first-order valence-electron chi connectivity index (χ1n) is 12.6. The summed E-state index contributed by atoms with van der Waals surface area (Å²) in [5, 5.41) is 20.2. The lowest BCUT2D eigenvalue weighted by atomic mass is 9.92. The number of carboxylic acid groups (broad SMARTS) is 1. The first-order valence-corrected chi connectivity index (χ1v) is 12.6. The predicted octanol–water partition coefficient (Wildman–Crippen LogP) is 1.68. The lowest BCUT2D eigenvalue weighted by molar-refractivity contribution is -0.161. The second-order valence-electron chi connectivity index (χ2n) is 9.45. The molecule has 11 nitrogen and oxygen atoms in total. The number of nitrogens with zero attached hydrogens (tertiary/aromatic N) is 1. The van der Waals surface area contributed by atoms with Crippen molar-refractivity contribution < 1.29 is 38.9 Å². The van der Waals surface area contributed by atoms with Crippen LogP contribution in [0.4, 0.5) is 4.79 Å². The van der Waals surface area contributed by atoms with E-state index in [0.717, 1.165) is 4.90 Å². The SMILES string of the molecule is NC(=O)[C@@H](C(O)Cc1ccccc1)N(CC1(OC(=O)[C@@H](N)CC(=O)O)C=CC=CC1)C(=O)OCc1ccccc1. The van der Waals surface area contributed by atoms with E-state index in [2.05, 4.69) is 0 Å². The molecule has 0 fully saturated rings. The van der Waals surface area contributed by atoms with Crippen molar-refractivity contribution in [2.75, 3.05) is 6.54 Å². The number of aliphatic carboxylic acids is 1. The molecule has 4 atom stereocenters. The van der Waals surface area contributed by atoms with Gasteiger partial charge in [-0.3, -0.25) is 19.3 Å². The van der Waals surface area contributed by atoms with Crippen molar-refractivity contribution in [2.24, 2.45) is 11.5 Å². The van der Waals surface area contributed by atoms with Gasteiger partial charge in [0.25, 0.3) is 0 Å². The number of primary amides is 1. The van der Waals surface area contributed by atoms with Gasteiger partial charge in [-0.05, 0) is 17.2 Å². The maximum absolute atomic E-state index is 13.5. The van der Waals surface area contributed by atoms with Gasteiger partial charge in [0.1, 0.15) is 18.7 Å². The van der Waals surface area contributed by atoms with Gasteiger partial charge >= 0.3 is 18.0 Å². The zero-order valence-electron chi connectivity index (χ0n) is 21.8. The second-order valence-corrected chi connectivity index (χ2v) is 9.45. The summed E-state index contributed by atoms with van der Waals surface area (Å²) in [6.07, 6.45) is 3.41. The number of benzene rings is 2. The van der Waals surface area contributed by atoms with Gasteiger partial charge in [0.05, 0.1) is 19.1 Å². The van der Waals surface area contributed by atoms with E-state index in [-0.39, 0.29) is 19.4 Å². The van der Waals surface area contributed by atoms with Gasteiger partial charge in [-0.25, -0.2) is 4.79 Å². The minimum Gasteiger partial charge on any atom is -0.481 e. The van der Waals surface area contributed by atoms with E-state index in [4.69, 9.17) is 26.0 Å². The number of nitrogens with two attached hydrogens (primary N) is 2. The van der Waals surface area contributed by atoms with E-state index in [9.17, 15) is 24.3 Å². The van der Waals surface area contributed by atoms with Crippen LogP contribution in [-0.4, -0.2) is 69.4 Å². The van der Waals surface area contributed by atoms with Crippen LogP contribution in [0.5, 0.6) is 0 Å². The van der Waals surface area contributed by atoms with Crippen molar-refractivity contribution >= 4 is 23.9 Å². The smallest absolute Gasteiger partial charge is 0.411 e. The first kappa shape index (κ1) is 30.1. The summed E-state index contributed by atoms with van der Waals surface area (Å²) in [6, 6.07) is 14.6. The standard InChI is InChI=1S/C29H33N3O8/c30-22(17-24(34)35)27(37)40-29(14-8-3-9-15-29)19-32(28(38)39-18-21-12-6-2-7-13-21)25(26(31)36)23(33)16-20-10-4-1-5-11-20/h1-14,22-23,25,33H,15-19,30H2,(H2,31,36)(H,34,35)/t22-,23?,25+,29?/m0/s1. The number of carbonyl (C=O) groups excluding carboxylic acids is 3. The largest absolute Gasteiger partial charge is 0.481 e. The average molecular weight is 552 g/mol. The molecule has 0 bridgehead atoms. The second kappa shape index (κ2) is 14.1. The summed E-state index contributed by atoms with van der Waals surface area (Å²) in [7, 11) is 0. The van der Waals surface area contributed by atoms with Crippen molar-refractivity contribution in [2.45, 2.75) is 49.7 Å². The predicted molar refractivity (Wildman–Crippen MR) is 144 cm³/mol. The normalized spacial score (nSPS) is 18.2. The number of aliphatic hydroxyl groups excluding tert-OH is 1. The molecule has 0 radical (unpaired) electrons. The number of hydrogen-bond acceptors (Lipinski definition) is 8. The first-order chi connectivity index (χ1) is 19.1. The van der Waals surface area contributed by atoms with E-state index in [0.29, 0.717) is 11.1 Å². The molecule has 11 heteroatoms. The lowest BCUT2D eigenvalue weighted by Crippen LogP contribution is -2.60. The van der Waals surface area contributed by atoms with E-state index in [1.165, 1.54) is 6.08 Å². The minimum absolute atomic E-state index is 0.0110. The number of amides is 2. The fourth-order valence-electron chi connectivity index (χ4n) is 4.30. The number of rotatable bonds is 13. The number of hydrogen-bond donors (Lipinski definition) is 4. The van der Waals surface area contributed by atoms with Crippen LogP contribution in [0.3, 0.4) is 0 Å². The fraction of sp³-hybridized carbons (Fsp3) is 0.310. The Morgan fingerprint density at radius 2 is 1.60 bits per heavy atom. The molecule has 1 aliphatic carbocycles. The van der Waals surface area contributed by atoms with Crippen LogP contribution in [0.2, 0.25) is 0 Å². The Morgan fingerprint density at radius 3 is 2.15 bits per heavy atom. The summed E-state index contributed by atoms with van der Waals surface area (Å²) in [5.41, 5.74) is 11.3. The van der Waals surface area contributed by atoms with Crippen LogP contribution < -0.4 is 11.5 Å². The van der Waals surface area contributed by atoms with Crippen molar-refractivity contribution in [1.29, 1.82) is 0 Å². The summed E-state index contributed by atoms with van der Waals surface area (Å²) in [4.78, 5) is 51.0. The highest BCUT2D eigenvalue weighted by Crippen LogP contribution is 2.27. The summed E-state index contributed by atoms with van der Waals surface area (Å²) < 4.78 is 11.2. The molecular formula is C29H33N3O8. The highest BCUT2D eigenvalue weighted by molar-refractivity contribution is 5.85.